The van der Waals surface area contributed by atoms with Crippen molar-refractivity contribution in [3.8, 4) is 5.69 Å². The predicted octanol–water partition coefficient (Wildman–Crippen LogP) is 1.73. The molecule has 1 aromatic carbocycles. The number of amides is 1. The van der Waals surface area contributed by atoms with E-state index in [0.717, 1.165) is 5.69 Å². The smallest absolute Gasteiger partial charge is 0.305 e. The summed E-state index contributed by atoms with van der Waals surface area (Å²) in [7, 11) is 1.27. The predicted molar refractivity (Wildman–Crippen MR) is 84.4 cm³/mol. The summed E-state index contributed by atoms with van der Waals surface area (Å²) < 4.78 is 6.39. The van der Waals surface area contributed by atoms with Gasteiger partial charge < -0.3 is 14.6 Å². The van der Waals surface area contributed by atoms with Crippen molar-refractivity contribution in [2.45, 2.75) is 12.8 Å². The lowest BCUT2D eigenvalue weighted by molar-refractivity contribution is -0.141. The Morgan fingerprint density at radius 1 is 1.04 bits per heavy atom. The molecule has 0 aliphatic heterocycles. The van der Waals surface area contributed by atoms with Crippen LogP contribution in [0.3, 0.4) is 0 Å². The van der Waals surface area contributed by atoms with Gasteiger partial charge in [0.1, 0.15) is 0 Å². The maximum atomic E-state index is 12.0. The Morgan fingerprint density at radius 2 is 1.70 bits per heavy atom. The molecule has 6 heteroatoms. The van der Waals surface area contributed by atoms with Crippen molar-refractivity contribution in [2.75, 3.05) is 13.7 Å². The van der Waals surface area contributed by atoms with Crippen LogP contribution >= 0.6 is 0 Å². The van der Waals surface area contributed by atoms with Crippen LogP contribution in [0.25, 0.3) is 5.69 Å². The highest BCUT2D eigenvalue weighted by molar-refractivity contribution is 5.97. The van der Waals surface area contributed by atoms with Crippen LogP contribution < -0.4 is 5.32 Å². The molecule has 0 fully saturated rings. The largest absolute Gasteiger partial charge is 0.469 e. The van der Waals surface area contributed by atoms with Crippen molar-refractivity contribution in [1.29, 1.82) is 0 Å². The van der Waals surface area contributed by atoms with Crippen molar-refractivity contribution in [2.24, 2.45) is 0 Å². The molecule has 0 saturated carbocycles. The number of ketones is 1. The summed E-state index contributed by atoms with van der Waals surface area (Å²) in [5.41, 5.74) is 1.42. The molecule has 1 aromatic heterocycles. The van der Waals surface area contributed by atoms with Crippen molar-refractivity contribution >= 4 is 17.7 Å². The zero-order valence-corrected chi connectivity index (χ0v) is 12.8. The Hall–Kier alpha value is -2.89. The molecule has 0 aliphatic carbocycles. The summed E-state index contributed by atoms with van der Waals surface area (Å²) in [6.07, 6.45) is 3.90. The van der Waals surface area contributed by atoms with E-state index in [9.17, 15) is 14.4 Å². The topological polar surface area (TPSA) is 77.4 Å². The number of hydrogen-bond donors (Lipinski definition) is 1. The Labute approximate surface area is 134 Å². The van der Waals surface area contributed by atoms with Crippen LogP contribution in [0, 0.1) is 0 Å². The van der Waals surface area contributed by atoms with Gasteiger partial charge in [0.15, 0.2) is 5.78 Å². The number of nitrogens with one attached hydrogen (secondary N) is 1. The minimum atomic E-state index is -0.440. The molecule has 1 heterocycles. The number of carbonyl (C=O) groups excluding carboxylic acids is 3. The number of hydrogen-bond acceptors (Lipinski definition) is 4. The molecule has 1 amide bonds. The first-order valence-corrected chi connectivity index (χ1v) is 7.20. The molecule has 0 radical (unpaired) electrons. The van der Waals surface area contributed by atoms with Gasteiger partial charge in [0, 0.05) is 30.1 Å². The number of carbonyl (C=O) groups is 3. The van der Waals surface area contributed by atoms with Gasteiger partial charge in [0.05, 0.1) is 20.1 Å². The number of rotatable bonds is 7. The normalized spacial score (nSPS) is 10.1. The summed E-state index contributed by atoms with van der Waals surface area (Å²) in [5.74, 6) is -0.978. The van der Waals surface area contributed by atoms with Crippen molar-refractivity contribution in [3.05, 3.63) is 54.4 Å². The fraction of sp³-hybridized carbons (Fsp3) is 0.235. The van der Waals surface area contributed by atoms with E-state index in [0.29, 0.717) is 5.56 Å². The Kier molecular flexibility index (Phi) is 5.68. The highest BCUT2D eigenvalue weighted by atomic mass is 16.5. The summed E-state index contributed by atoms with van der Waals surface area (Å²) in [5, 5.41) is 2.55. The average Bonchev–Trinajstić information content (AvgIpc) is 3.12. The van der Waals surface area contributed by atoms with Gasteiger partial charge in [-0.15, -0.1) is 0 Å². The van der Waals surface area contributed by atoms with Crippen LogP contribution in [-0.2, 0) is 14.3 Å². The molecule has 1 N–H and O–H groups in total. The van der Waals surface area contributed by atoms with Crippen molar-refractivity contribution < 1.29 is 19.1 Å². The van der Waals surface area contributed by atoms with E-state index in [-0.39, 0.29) is 31.1 Å². The van der Waals surface area contributed by atoms with Gasteiger partial charge in [-0.05, 0) is 36.4 Å². The number of methoxy groups -OCH3 is 1. The first-order valence-electron chi connectivity index (χ1n) is 7.20. The molecule has 2 rings (SSSR count). The molecule has 0 unspecified atom stereocenters. The third-order valence-electron chi connectivity index (χ3n) is 3.31. The molecule has 0 atom stereocenters. The number of benzene rings is 1. The SMILES string of the molecule is COC(=O)CCC(=O)CNC(=O)c1ccc(-n2cccc2)cc1. The fourth-order valence-electron chi connectivity index (χ4n) is 2.00. The standard InChI is InChI=1S/C17H18N2O4/c1-23-16(21)9-8-15(20)12-18-17(22)13-4-6-14(7-5-13)19-10-2-3-11-19/h2-7,10-11H,8-9,12H2,1H3,(H,18,22). The second-order valence-corrected chi connectivity index (χ2v) is 4.93. The molecule has 0 bridgehead atoms. The van der Waals surface area contributed by atoms with E-state index in [1.54, 1.807) is 12.1 Å². The molecule has 2 aromatic rings. The summed E-state index contributed by atoms with van der Waals surface area (Å²) in [6.45, 7) is -0.102. The van der Waals surface area contributed by atoms with Crippen molar-refractivity contribution in [1.82, 2.24) is 9.88 Å². The molecule has 0 spiro atoms. The highest BCUT2D eigenvalue weighted by Gasteiger charge is 2.10. The Morgan fingerprint density at radius 3 is 2.30 bits per heavy atom. The van der Waals surface area contributed by atoms with Gasteiger partial charge in [0.2, 0.25) is 0 Å². The van der Waals surface area contributed by atoms with Crippen LogP contribution in [0.1, 0.15) is 23.2 Å². The Bertz CT molecular complexity index is 675. The zero-order chi connectivity index (χ0) is 16.7. The Balaban J connectivity index is 1.84. The molecular formula is C17H18N2O4. The first kappa shape index (κ1) is 16.5. The quantitative estimate of drug-likeness (QED) is 0.790. The summed E-state index contributed by atoms with van der Waals surface area (Å²) in [6, 6.07) is 10.9. The second kappa shape index (κ2) is 7.93. The van der Waals surface area contributed by atoms with Gasteiger partial charge in [-0.3, -0.25) is 14.4 Å². The lowest BCUT2D eigenvalue weighted by Gasteiger charge is -2.06. The number of esters is 1. The van der Waals surface area contributed by atoms with Crippen LogP contribution in [0.5, 0.6) is 0 Å². The van der Waals surface area contributed by atoms with Crippen molar-refractivity contribution in [3.63, 3.8) is 0 Å². The second-order valence-electron chi connectivity index (χ2n) is 4.93. The van der Waals surface area contributed by atoms with Gasteiger partial charge in [-0.2, -0.15) is 0 Å². The molecule has 6 nitrogen and oxygen atoms in total. The van der Waals surface area contributed by atoms with Crippen LogP contribution in [-0.4, -0.2) is 35.9 Å². The van der Waals surface area contributed by atoms with Crippen LogP contribution in [0.15, 0.2) is 48.8 Å². The highest BCUT2D eigenvalue weighted by Crippen LogP contribution is 2.10. The maximum absolute atomic E-state index is 12.0. The summed E-state index contributed by atoms with van der Waals surface area (Å²) in [4.78, 5) is 34.5. The maximum Gasteiger partial charge on any atom is 0.305 e. The molecular weight excluding hydrogens is 296 g/mol. The van der Waals surface area contributed by atoms with Crippen LogP contribution in [0.2, 0.25) is 0 Å². The van der Waals surface area contributed by atoms with E-state index in [1.807, 2.05) is 41.2 Å². The van der Waals surface area contributed by atoms with E-state index >= 15 is 0 Å². The summed E-state index contributed by atoms with van der Waals surface area (Å²) >= 11 is 0. The van der Waals surface area contributed by atoms with Crippen LogP contribution in [0.4, 0.5) is 0 Å². The molecule has 0 saturated heterocycles. The average molecular weight is 314 g/mol. The molecule has 0 aliphatic rings. The first-order chi connectivity index (χ1) is 11.1. The number of Topliss-reactive ketones (excluding diaryl/α,β-unsaturated/α-hetero) is 1. The van der Waals surface area contributed by atoms with Gasteiger partial charge in [-0.25, -0.2) is 0 Å². The van der Waals surface area contributed by atoms with E-state index < -0.39 is 5.97 Å². The lowest BCUT2D eigenvalue weighted by atomic mass is 10.1. The minimum absolute atomic E-state index is 0.0246. The van der Waals surface area contributed by atoms with E-state index in [2.05, 4.69) is 10.1 Å². The third kappa shape index (κ3) is 4.81. The van der Waals surface area contributed by atoms with Gasteiger partial charge in [-0.1, -0.05) is 0 Å². The molecule has 120 valence electrons. The monoisotopic (exact) mass is 314 g/mol. The third-order valence-corrected chi connectivity index (χ3v) is 3.31. The van der Waals surface area contributed by atoms with E-state index in [4.69, 9.17) is 0 Å². The zero-order valence-electron chi connectivity index (χ0n) is 12.8. The van der Waals surface area contributed by atoms with E-state index in [1.165, 1.54) is 7.11 Å². The number of nitrogens with zero attached hydrogens (tertiary/aromatic N) is 1. The van der Waals surface area contributed by atoms with Gasteiger partial charge >= 0.3 is 5.97 Å². The lowest BCUT2D eigenvalue weighted by Crippen LogP contribution is -2.29. The number of aromatic nitrogens is 1. The number of ether oxygens (including phenoxy) is 1. The fourth-order valence-corrected chi connectivity index (χ4v) is 2.00. The molecule has 23 heavy (non-hydrogen) atoms. The van der Waals surface area contributed by atoms with Gasteiger partial charge in [0.25, 0.3) is 5.91 Å². The minimum Gasteiger partial charge on any atom is -0.469 e.